The summed E-state index contributed by atoms with van der Waals surface area (Å²) in [5, 5.41) is 13.4. The molecule has 3 aromatic carbocycles. The van der Waals surface area contributed by atoms with Crippen molar-refractivity contribution >= 4 is 29.0 Å². The SMILES string of the molecule is Cc1ccccc1CCN=C(CO)Oc1ccc2c(C=O)cn(CC(=O)NCCc3ccccc3)c2c1. The average Bonchev–Trinajstić information content (AvgIpc) is 3.26. The molecule has 0 saturated carbocycles. The summed E-state index contributed by atoms with van der Waals surface area (Å²) in [5.41, 5.74) is 4.74. The summed E-state index contributed by atoms with van der Waals surface area (Å²) in [4.78, 5) is 28.6. The van der Waals surface area contributed by atoms with Crippen LogP contribution >= 0.6 is 0 Å². The van der Waals surface area contributed by atoms with Crippen molar-refractivity contribution in [1.29, 1.82) is 0 Å². The van der Waals surface area contributed by atoms with Crippen LogP contribution in [0.3, 0.4) is 0 Å². The van der Waals surface area contributed by atoms with Gasteiger partial charge >= 0.3 is 0 Å². The lowest BCUT2D eigenvalue weighted by Crippen LogP contribution is -2.29. The molecule has 0 fully saturated rings. The molecule has 0 spiro atoms. The van der Waals surface area contributed by atoms with Gasteiger partial charge in [-0.1, -0.05) is 54.6 Å². The molecular weight excluding hydrogens is 466 g/mol. The standard InChI is InChI=1S/C30H31N3O4/c1-22-7-5-6-10-24(22)14-16-32-30(21-35)37-26-11-12-27-25(20-34)18-33(28(27)17-26)19-29(36)31-15-13-23-8-3-2-4-9-23/h2-12,17-18,20,35H,13-16,19,21H2,1H3,(H,31,36). The van der Waals surface area contributed by atoms with E-state index in [1.54, 1.807) is 29.0 Å². The zero-order chi connectivity index (χ0) is 26.0. The van der Waals surface area contributed by atoms with E-state index in [9.17, 15) is 14.7 Å². The number of hydrogen-bond acceptors (Lipinski definition) is 5. The van der Waals surface area contributed by atoms with Gasteiger partial charge in [0.25, 0.3) is 0 Å². The van der Waals surface area contributed by atoms with Crippen LogP contribution in [0, 0.1) is 6.92 Å². The monoisotopic (exact) mass is 497 g/mol. The second kappa shape index (κ2) is 12.6. The van der Waals surface area contributed by atoms with E-state index in [4.69, 9.17) is 4.74 Å². The predicted octanol–water partition coefficient (Wildman–Crippen LogP) is 4.13. The van der Waals surface area contributed by atoms with Crippen molar-refractivity contribution in [3.05, 3.63) is 101 Å². The van der Waals surface area contributed by atoms with Crippen LogP contribution in [0.5, 0.6) is 5.75 Å². The van der Waals surface area contributed by atoms with E-state index < -0.39 is 0 Å². The van der Waals surface area contributed by atoms with Crippen molar-refractivity contribution < 1.29 is 19.4 Å². The third kappa shape index (κ3) is 6.92. The first-order chi connectivity index (χ1) is 18.1. The van der Waals surface area contributed by atoms with Crippen molar-refractivity contribution in [3.63, 3.8) is 0 Å². The molecule has 0 aliphatic heterocycles. The van der Waals surface area contributed by atoms with Crippen LogP contribution in [0.1, 0.15) is 27.0 Å². The van der Waals surface area contributed by atoms with E-state index >= 15 is 0 Å². The first-order valence-corrected chi connectivity index (χ1v) is 12.3. The van der Waals surface area contributed by atoms with Gasteiger partial charge in [-0.05, 0) is 48.6 Å². The van der Waals surface area contributed by atoms with Crippen LogP contribution in [0.2, 0.25) is 0 Å². The number of carbonyl (C=O) groups excluding carboxylic acids is 2. The van der Waals surface area contributed by atoms with E-state index in [0.29, 0.717) is 29.9 Å². The molecule has 7 heteroatoms. The quantitative estimate of drug-likeness (QED) is 0.185. The van der Waals surface area contributed by atoms with Crippen molar-refractivity contribution in [2.24, 2.45) is 4.99 Å². The molecule has 190 valence electrons. The van der Waals surface area contributed by atoms with E-state index in [0.717, 1.165) is 30.1 Å². The summed E-state index contributed by atoms with van der Waals surface area (Å²) in [6, 6.07) is 23.3. The Morgan fingerprint density at radius 3 is 2.59 bits per heavy atom. The van der Waals surface area contributed by atoms with Gasteiger partial charge in [0.2, 0.25) is 11.8 Å². The molecular formula is C30H31N3O4. The number of amides is 1. The molecule has 4 aromatic rings. The molecule has 2 N–H and O–H groups in total. The van der Waals surface area contributed by atoms with Gasteiger partial charge in [-0.2, -0.15) is 0 Å². The molecule has 0 radical (unpaired) electrons. The van der Waals surface area contributed by atoms with Gasteiger partial charge in [0.05, 0.1) is 5.52 Å². The Morgan fingerprint density at radius 2 is 1.84 bits per heavy atom. The zero-order valence-corrected chi connectivity index (χ0v) is 20.9. The number of fused-ring (bicyclic) bond motifs is 1. The largest absolute Gasteiger partial charge is 0.441 e. The van der Waals surface area contributed by atoms with Gasteiger partial charge in [-0.15, -0.1) is 0 Å². The minimum Gasteiger partial charge on any atom is -0.441 e. The highest BCUT2D eigenvalue weighted by atomic mass is 16.5. The molecule has 0 aliphatic carbocycles. The number of aryl methyl sites for hydroxylation is 1. The van der Waals surface area contributed by atoms with Crippen LogP contribution in [0.4, 0.5) is 0 Å². The lowest BCUT2D eigenvalue weighted by molar-refractivity contribution is -0.121. The second-order valence-electron chi connectivity index (χ2n) is 8.81. The Balaban J connectivity index is 1.43. The summed E-state index contributed by atoms with van der Waals surface area (Å²) in [6.07, 6.45) is 3.92. The molecule has 0 saturated heterocycles. The topological polar surface area (TPSA) is 92.9 Å². The lowest BCUT2D eigenvalue weighted by Gasteiger charge is -2.10. The first-order valence-electron chi connectivity index (χ1n) is 12.3. The number of aliphatic hydroxyl groups excluding tert-OH is 1. The first kappa shape index (κ1) is 25.9. The molecule has 1 heterocycles. The zero-order valence-electron chi connectivity index (χ0n) is 20.9. The summed E-state index contributed by atoms with van der Waals surface area (Å²) >= 11 is 0. The molecule has 1 amide bonds. The summed E-state index contributed by atoms with van der Waals surface area (Å²) in [6.45, 7) is 2.80. The molecule has 37 heavy (non-hydrogen) atoms. The van der Waals surface area contributed by atoms with Crippen molar-refractivity contribution in [1.82, 2.24) is 9.88 Å². The molecule has 0 aliphatic rings. The number of hydrogen-bond donors (Lipinski definition) is 2. The van der Waals surface area contributed by atoms with Gasteiger partial charge in [-0.3, -0.25) is 14.6 Å². The van der Waals surface area contributed by atoms with Gasteiger partial charge in [0, 0.05) is 36.3 Å². The normalized spacial score (nSPS) is 11.5. The number of rotatable bonds is 11. The van der Waals surface area contributed by atoms with Gasteiger partial charge in [-0.25, -0.2) is 0 Å². The fourth-order valence-corrected chi connectivity index (χ4v) is 4.23. The van der Waals surface area contributed by atoms with Crippen molar-refractivity contribution in [3.8, 4) is 5.75 Å². The maximum atomic E-state index is 12.6. The number of aliphatic hydroxyl groups is 1. The van der Waals surface area contributed by atoms with Gasteiger partial charge in [0.15, 0.2) is 6.29 Å². The summed E-state index contributed by atoms with van der Waals surface area (Å²) in [7, 11) is 0. The van der Waals surface area contributed by atoms with Crippen LogP contribution in [0.25, 0.3) is 10.9 Å². The Labute approximate surface area is 216 Å². The Hall–Kier alpha value is -4.23. The molecule has 1 aromatic heterocycles. The molecule has 0 bridgehead atoms. The highest BCUT2D eigenvalue weighted by Gasteiger charge is 2.13. The van der Waals surface area contributed by atoms with Crippen LogP contribution in [-0.2, 0) is 24.2 Å². The number of aliphatic imine (C=N–C) groups is 1. The predicted molar refractivity (Wildman–Crippen MR) is 145 cm³/mol. The third-order valence-corrected chi connectivity index (χ3v) is 6.21. The van der Waals surface area contributed by atoms with Crippen molar-refractivity contribution in [2.75, 3.05) is 19.7 Å². The van der Waals surface area contributed by atoms with Crippen LogP contribution in [0.15, 0.2) is 84.0 Å². The maximum absolute atomic E-state index is 12.6. The molecule has 0 unspecified atom stereocenters. The van der Waals surface area contributed by atoms with Crippen molar-refractivity contribution in [2.45, 2.75) is 26.3 Å². The number of aldehydes is 1. The average molecular weight is 498 g/mol. The fourth-order valence-electron chi connectivity index (χ4n) is 4.23. The third-order valence-electron chi connectivity index (χ3n) is 6.21. The van der Waals surface area contributed by atoms with Crippen LogP contribution < -0.4 is 10.1 Å². The van der Waals surface area contributed by atoms with Gasteiger partial charge < -0.3 is 19.7 Å². The number of aromatic nitrogens is 1. The Bertz CT molecular complexity index is 1390. The summed E-state index contributed by atoms with van der Waals surface area (Å²) in [5.74, 6) is 0.531. The van der Waals surface area contributed by atoms with E-state index in [1.807, 2.05) is 42.5 Å². The van der Waals surface area contributed by atoms with E-state index in [-0.39, 0.29) is 25.0 Å². The summed E-state index contributed by atoms with van der Waals surface area (Å²) < 4.78 is 7.59. The molecule has 7 nitrogen and oxygen atoms in total. The second-order valence-corrected chi connectivity index (χ2v) is 8.81. The highest BCUT2D eigenvalue weighted by molar-refractivity contribution is 5.99. The van der Waals surface area contributed by atoms with E-state index in [2.05, 4.69) is 29.4 Å². The number of nitrogens with zero attached hydrogens (tertiary/aromatic N) is 2. The molecule has 4 rings (SSSR count). The van der Waals surface area contributed by atoms with Gasteiger partial charge in [0.1, 0.15) is 18.9 Å². The molecule has 0 atom stereocenters. The Kier molecular flexibility index (Phi) is 8.84. The Morgan fingerprint density at radius 1 is 1.05 bits per heavy atom. The minimum atomic E-state index is -0.337. The number of benzene rings is 3. The number of carbonyl (C=O) groups is 2. The fraction of sp³-hybridized carbons (Fsp3) is 0.233. The minimum absolute atomic E-state index is 0.0694. The maximum Gasteiger partial charge on any atom is 0.239 e. The number of nitrogens with one attached hydrogen (secondary N) is 1. The van der Waals surface area contributed by atoms with Crippen LogP contribution in [-0.4, -0.2) is 47.5 Å². The highest BCUT2D eigenvalue weighted by Crippen LogP contribution is 2.25. The van der Waals surface area contributed by atoms with E-state index in [1.165, 1.54) is 11.1 Å². The number of ether oxygens (including phenoxy) is 1. The lowest BCUT2D eigenvalue weighted by atomic mass is 10.1. The smallest absolute Gasteiger partial charge is 0.239 e.